The van der Waals surface area contributed by atoms with Crippen LogP contribution >= 0.6 is 0 Å². The van der Waals surface area contributed by atoms with Crippen LogP contribution in [0.1, 0.15) is 28.4 Å². The number of nitrogens with one attached hydrogen (secondary N) is 2. The highest BCUT2D eigenvalue weighted by Gasteiger charge is 2.14. The van der Waals surface area contributed by atoms with E-state index < -0.39 is 5.91 Å². The topological polar surface area (TPSA) is 110 Å². The molecule has 0 saturated heterocycles. The molecule has 0 saturated carbocycles. The van der Waals surface area contributed by atoms with Gasteiger partial charge in [-0.3, -0.25) is 4.79 Å². The molecule has 0 atom stereocenters. The second-order valence-corrected chi connectivity index (χ2v) is 6.34. The summed E-state index contributed by atoms with van der Waals surface area (Å²) in [5.74, 6) is 0.443. The third kappa shape index (κ3) is 5.29. The van der Waals surface area contributed by atoms with Gasteiger partial charge in [-0.25, -0.2) is 4.79 Å². The number of hydrogen-bond donors (Lipinski definition) is 2. The summed E-state index contributed by atoms with van der Waals surface area (Å²) in [5.41, 5.74) is 2.15. The fraction of sp³-hybridized carbons (Fsp3) is 0.227. The molecule has 3 rings (SSSR count). The lowest BCUT2D eigenvalue weighted by molar-refractivity contribution is -0.117. The van der Waals surface area contributed by atoms with Crippen LogP contribution in [0.4, 0.5) is 0 Å². The van der Waals surface area contributed by atoms with Gasteiger partial charge in [-0.15, -0.1) is 0 Å². The average molecular weight is 407 g/mol. The van der Waals surface area contributed by atoms with E-state index in [0.717, 1.165) is 11.1 Å². The number of fused-ring (bicyclic) bond motifs is 1. The summed E-state index contributed by atoms with van der Waals surface area (Å²) in [7, 11) is 0. The minimum absolute atomic E-state index is 0.0427. The summed E-state index contributed by atoms with van der Waals surface area (Å²) in [6.45, 7) is 2.90. The Kier molecular flexibility index (Phi) is 6.90. The van der Waals surface area contributed by atoms with Gasteiger partial charge in [-0.05, 0) is 42.3 Å². The van der Waals surface area contributed by atoms with E-state index in [1.807, 2.05) is 12.1 Å². The van der Waals surface area contributed by atoms with Crippen LogP contribution in [0, 0.1) is 11.3 Å². The van der Waals surface area contributed by atoms with Crippen molar-refractivity contribution in [2.24, 2.45) is 0 Å². The van der Waals surface area contributed by atoms with Crippen LogP contribution in [0.25, 0.3) is 0 Å². The zero-order chi connectivity index (χ0) is 21.3. The first-order valence-electron chi connectivity index (χ1n) is 9.37. The summed E-state index contributed by atoms with van der Waals surface area (Å²) < 4.78 is 15.5. The van der Waals surface area contributed by atoms with Crippen LogP contribution in [0.5, 0.6) is 11.5 Å². The molecule has 1 aliphatic heterocycles. The van der Waals surface area contributed by atoms with Crippen molar-refractivity contribution in [3.8, 4) is 17.6 Å². The van der Waals surface area contributed by atoms with Crippen LogP contribution in [-0.2, 0) is 22.6 Å². The first kappa shape index (κ1) is 20.7. The molecule has 1 heterocycles. The lowest BCUT2D eigenvalue weighted by atomic mass is 10.1. The molecule has 1 amide bonds. The Morgan fingerprint density at radius 3 is 2.57 bits per heavy atom. The Morgan fingerprint density at radius 1 is 1.10 bits per heavy atom. The van der Waals surface area contributed by atoms with Gasteiger partial charge in [0.15, 0.2) is 11.5 Å². The van der Waals surface area contributed by atoms with Crippen LogP contribution in [0.15, 0.2) is 54.2 Å². The summed E-state index contributed by atoms with van der Waals surface area (Å²) >= 11 is 0. The Labute approximate surface area is 174 Å². The predicted octanol–water partition coefficient (Wildman–Crippen LogP) is 2.41. The highest BCUT2D eigenvalue weighted by atomic mass is 16.7. The van der Waals surface area contributed by atoms with E-state index in [0.29, 0.717) is 30.2 Å². The van der Waals surface area contributed by atoms with E-state index in [2.05, 4.69) is 10.6 Å². The van der Waals surface area contributed by atoms with Crippen molar-refractivity contribution in [2.45, 2.75) is 20.0 Å². The Morgan fingerprint density at radius 2 is 1.83 bits per heavy atom. The fourth-order valence-corrected chi connectivity index (χ4v) is 2.72. The van der Waals surface area contributed by atoms with Crippen LogP contribution in [-0.4, -0.2) is 25.3 Å². The van der Waals surface area contributed by atoms with Crippen molar-refractivity contribution in [3.05, 3.63) is 70.9 Å². The number of amides is 1. The second-order valence-electron chi connectivity index (χ2n) is 6.34. The predicted molar refractivity (Wildman–Crippen MR) is 107 cm³/mol. The third-order valence-electron chi connectivity index (χ3n) is 4.27. The first-order chi connectivity index (χ1) is 14.6. The molecule has 0 aliphatic carbocycles. The number of carbonyl (C=O) groups is 2. The van der Waals surface area contributed by atoms with Gasteiger partial charge in [0.05, 0.1) is 12.2 Å². The molecule has 0 radical (unpaired) electrons. The van der Waals surface area contributed by atoms with Crippen molar-refractivity contribution >= 4 is 11.9 Å². The number of benzene rings is 2. The van der Waals surface area contributed by atoms with Gasteiger partial charge in [0.25, 0.3) is 5.91 Å². The van der Waals surface area contributed by atoms with E-state index in [1.54, 1.807) is 43.3 Å². The molecule has 8 nitrogen and oxygen atoms in total. The van der Waals surface area contributed by atoms with E-state index >= 15 is 0 Å². The molecule has 0 fully saturated rings. The molecule has 2 aromatic rings. The fourth-order valence-electron chi connectivity index (χ4n) is 2.72. The van der Waals surface area contributed by atoms with Crippen molar-refractivity contribution in [1.29, 1.82) is 5.26 Å². The highest BCUT2D eigenvalue weighted by molar-refractivity contribution is 5.97. The number of rotatable bonds is 8. The largest absolute Gasteiger partial charge is 0.462 e. The number of carbonyl (C=O) groups excluding carboxylic acids is 2. The molecule has 2 aromatic carbocycles. The summed E-state index contributed by atoms with van der Waals surface area (Å²) in [5, 5.41) is 14.9. The van der Waals surface area contributed by atoms with Crippen molar-refractivity contribution < 1.29 is 23.8 Å². The van der Waals surface area contributed by atoms with Gasteiger partial charge in [0, 0.05) is 19.3 Å². The van der Waals surface area contributed by atoms with Gasteiger partial charge in [-0.2, -0.15) is 5.26 Å². The molecule has 8 heteroatoms. The maximum Gasteiger partial charge on any atom is 0.338 e. The SMILES string of the molecule is CCOC(=O)c1ccc(CN/C=C(/C#N)C(=O)NCc2ccc3c(c2)OCO3)cc1. The van der Waals surface area contributed by atoms with Crippen molar-refractivity contribution in [2.75, 3.05) is 13.4 Å². The number of nitriles is 1. The number of ether oxygens (including phenoxy) is 3. The smallest absolute Gasteiger partial charge is 0.338 e. The van der Waals surface area contributed by atoms with E-state index in [1.165, 1.54) is 6.20 Å². The minimum atomic E-state index is -0.486. The zero-order valence-electron chi connectivity index (χ0n) is 16.4. The summed E-state index contributed by atoms with van der Waals surface area (Å²) in [6.07, 6.45) is 1.37. The molecule has 30 heavy (non-hydrogen) atoms. The van der Waals surface area contributed by atoms with Gasteiger partial charge < -0.3 is 24.8 Å². The Balaban J connectivity index is 1.50. The van der Waals surface area contributed by atoms with Crippen LogP contribution in [0.2, 0.25) is 0 Å². The molecular formula is C22H21N3O5. The normalized spacial score (nSPS) is 12.1. The Bertz CT molecular complexity index is 993. The van der Waals surface area contributed by atoms with Crippen LogP contribution in [0.3, 0.4) is 0 Å². The molecular weight excluding hydrogens is 386 g/mol. The van der Waals surface area contributed by atoms with Crippen molar-refractivity contribution in [1.82, 2.24) is 10.6 Å². The first-order valence-corrected chi connectivity index (χ1v) is 9.37. The molecule has 0 aromatic heterocycles. The van der Waals surface area contributed by atoms with E-state index in [9.17, 15) is 14.9 Å². The quantitative estimate of drug-likeness (QED) is 0.393. The molecule has 1 aliphatic rings. The van der Waals surface area contributed by atoms with Crippen molar-refractivity contribution in [3.63, 3.8) is 0 Å². The third-order valence-corrected chi connectivity index (χ3v) is 4.27. The zero-order valence-corrected chi connectivity index (χ0v) is 16.4. The summed E-state index contributed by atoms with van der Waals surface area (Å²) in [6, 6.07) is 14.2. The van der Waals surface area contributed by atoms with Gasteiger partial charge in [-0.1, -0.05) is 18.2 Å². The lowest BCUT2D eigenvalue weighted by Crippen LogP contribution is -2.25. The number of esters is 1. The van der Waals surface area contributed by atoms with Crippen LogP contribution < -0.4 is 20.1 Å². The molecule has 154 valence electrons. The number of hydrogen-bond acceptors (Lipinski definition) is 7. The second kappa shape index (κ2) is 9.98. The Hall–Kier alpha value is -3.99. The molecule has 2 N–H and O–H groups in total. The van der Waals surface area contributed by atoms with E-state index in [4.69, 9.17) is 14.2 Å². The molecule has 0 spiro atoms. The molecule has 0 unspecified atom stereocenters. The average Bonchev–Trinajstić information content (AvgIpc) is 3.23. The monoisotopic (exact) mass is 407 g/mol. The van der Waals surface area contributed by atoms with E-state index in [-0.39, 0.29) is 24.9 Å². The number of nitrogens with zero attached hydrogens (tertiary/aromatic N) is 1. The maximum atomic E-state index is 12.3. The summed E-state index contributed by atoms with van der Waals surface area (Å²) in [4.78, 5) is 23.9. The van der Waals surface area contributed by atoms with Gasteiger partial charge in [0.1, 0.15) is 11.6 Å². The van der Waals surface area contributed by atoms with Gasteiger partial charge >= 0.3 is 5.97 Å². The maximum absolute atomic E-state index is 12.3. The minimum Gasteiger partial charge on any atom is -0.462 e. The standard InChI is InChI=1S/C22H21N3O5/c1-2-28-22(27)17-6-3-15(4-7-17)11-24-13-18(10-23)21(26)25-12-16-5-8-19-20(9-16)30-14-29-19/h3-9,13,24H,2,11-12,14H2,1H3,(H,25,26)/b18-13-. The van der Waals surface area contributed by atoms with Gasteiger partial charge in [0.2, 0.25) is 6.79 Å². The highest BCUT2D eigenvalue weighted by Crippen LogP contribution is 2.32. The molecule has 0 bridgehead atoms. The lowest BCUT2D eigenvalue weighted by Gasteiger charge is -2.07.